The van der Waals surface area contributed by atoms with Gasteiger partial charge in [0, 0.05) is 10.5 Å². The number of carbonyl (C=O) groups is 1. The summed E-state index contributed by atoms with van der Waals surface area (Å²) < 4.78 is 40.1. The highest BCUT2D eigenvalue weighted by Gasteiger charge is 2.14. The number of benzene rings is 2. The largest absolute Gasteiger partial charge is 0.319 e. The summed E-state index contributed by atoms with van der Waals surface area (Å²) in [6.07, 6.45) is 0. The molecule has 2 aromatic carbocycles. The average Bonchev–Trinajstić information content (AvgIpc) is 2.35. The van der Waals surface area contributed by atoms with Gasteiger partial charge < -0.3 is 5.32 Å². The number of hydrogen-bond donors (Lipinski definition) is 1. The third kappa shape index (κ3) is 3.01. The van der Waals surface area contributed by atoms with Crippen LogP contribution in [0.5, 0.6) is 0 Å². The summed E-state index contributed by atoms with van der Waals surface area (Å²) in [6.45, 7) is 1.42. The predicted octanol–water partition coefficient (Wildman–Crippen LogP) is 4.43. The second-order valence-corrected chi connectivity index (χ2v) is 5.01. The van der Waals surface area contributed by atoms with Crippen LogP contribution in [0, 0.1) is 24.4 Å². The van der Waals surface area contributed by atoms with Gasteiger partial charge in [-0.25, -0.2) is 13.2 Å². The molecule has 0 aliphatic rings. The number of rotatable bonds is 2. The summed E-state index contributed by atoms with van der Waals surface area (Å²) in [5.74, 6) is -2.55. The van der Waals surface area contributed by atoms with Crippen LogP contribution in [0.25, 0.3) is 0 Å². The van der Waals surface area contributed by atoms with Gasteiger partial charge in [-0.15, -0.1) is 0 Å². The Morgan fingerprint density at radius 1 is 1.10 bits per heavy atom. The normalized spacial score (nSPS) is 10.4. The molecular formula is C14H9BrF3NO. The average molecular weight is 344 g/mol. The zero-order chi connectivity index (χ0) is 14.9. The first kappa shape index (κ1) is 14.6. The molecule has 0 saturated carbocycles. The molecule has 1 N–H and O–H groups in total. The first-order chi connectivity index (χ1) is 9.38. The van der Waals surface area contributed by atoms with E-state index in [1.807, 2.05) is 0 Å². The van der Waals surface area contributed by atoms with Crippen LogP contribution in [0.1, 0.15) is 15.9 Å². The van der Waals surface area contributed by atoms with Crippen LogP contribution < -0.4 is 5.32 Å². The molecule has 0 aliphatic carbocycles. The van der Waals surface area contributed by atoms with Crippen LogP contribution in [-0.2, 0) is 0 Å². The Balaban J connectivity index is 2.30. The Morgan fingerprint density at radius 3 is 2.45 bits per heavy atom. The molecule has 2 aromatic rings. The van der Waals surface area contributed by atoms with Gasteiger partial charge in [-0.05, 0) is 52.7 Å². The monoisotopic (exact) mass is 343 g/mol. The number of carbonyl (C=O) groups excluding carboxylic acids is 1. The maximum absolute atomic E-state index is 13.6. The van der Waals surface area contributed by atoms with E-state index in [9.17, 15) is 18.0 Å². The van der Waals surface area contributed by atoms with Crippen molar-refractivity contribution in [2.75, 3.05) is 5.32 Å². The van der Waals surface area contributed by atoms with Crippen molar-refractivity contribution in [1.82, 2.24) is 0 Å². The van der Waals surface area contributed by atoms with Gasteiger partial charge in [0.1, 0.15) is 17.5 Å². The molecule has 0 bridgehead atoms. The topological polar surface area (TPSA) is 29.1 Å². The van der Waals surface area contributed by atoms with E-state index in [0.717, 1.165) is 24.3 Å². The molecule has 0 spiro atoms. The Morgan fingerprint density at radius 2 is 1.80 bits per heavy atom. The van der Waals surface area contributed by atoms with E-state index in [1.165, 1.54) is 13.0 Å². The number of aryl methyl sites for hydroxylation is 1. The number of halogens is 4. The van der Waals surface area contributed by atoms with Crippen LogP contribution in [-0.4, -0.2) is 5.91 Å². The summed E-state index contributed by atoms with van der Waals surface area (Å²) >= 11 is 3.04. The summed E-state index contributed by atoms with van der Waals surface area (Å²) in [5.41, 5.74) is -0.00966. The molecule has 0 radical (unpaired) electrons. The molecule has 0 atom stereocenters. The molecule has 0 heterocycles. The molecule has 0 fully saturated rings. The van der Waals surface area contributed by atoms with Crippen LogP contribution in [0.4, 0.5) is 18.9 Å². The van der Waals surface area contributed by atoms with Crippen molar-refractivity contribution in [3.8, 4) is 0 Å². The highest BCUT2D eigenvalue weighted by Crippen LogP contribution is 2.22. The molecule has 0 aliphatic heterocycles. The van der Waals surface area contributed by atoms with E-state index in [4.69, 9.17) is 0 Å². The molecule has 2 nitrogen and oxygen atoms in total. The van der Waals surface area contributed by atoms with Crippen molar-refractivity contribution in [1.29, 1.82) is 0 Å². The molecular weight excluding hydrogens is 335 g/mol. The number of hydrogen-bond acceptors (Lipinski definition) is 1. The lowest BCUT2D eigenvalue weighted by Crippen LogP contribution is -2.14. The number of amides is 1. The zero-order valence-electron chi connectivity index (χ0n) is 10.3. The van der Waals surface area contributed by atoms with Crippen LogP contribution >= 0.6 is 15.9 Å². The van der Waals surface area contributed by atoms with Crippen molar-refractivity contribution in [3.05, 3.63) is 63.4 Å². The zero-order valence-corrected chi connectivity index (χ0v) is 11.9. The predicted molar refractivity (Wildman–Crippen MR) is 73.1 cm³/mol. The Hall–Kier alpha value is -1.82. The quantitative estimate of drug-likeness (QED) is 0.858. The fourth-order valence-electron chi connectivity index (χ4n) is 1.61. The smallest absolute Gasteiger partial charge is 0.256 e. The van der Waals surface area contributed by atoms with E-state index in [-0.39, 0.29) is 21.3 Å². The summed E-state index contributed by atoms with van der Waals surface area (Å²) in [4.78, 5) is 11.9. The summed E-state index contributed by atoms with van der Waals surface area (Å²) in [6, 6.07) is 5.36. The summed E-state index contributed by atoms with van der Waals surface area (Å²) in [5, 5.41) is 2.25. The summed E-state index contributed by atoms with van der Waals surface area (Å²) in [7, 11) is 0. The fourth-order valence-corrected chi connectivity index (χ4v) is 2.14. The van der Waals surface area contributed by atoms with Crippen molar-refractivity contribution in [2.45, 2.75) is 6.92 Å². The lowest BCUT2D eigenvalue weighted by atomic mass is 10.1. The minimum Gasteiger partial charge on any atom is -0.319 e. The lowest BCUT2D eigenvalue weighted by molar-refractivity contribution is 0.102. The van der Waals surface area contributed by atoms with Crippen molar-refractivity contribution < 1.29 is 18.0 Å². The van der Waals surface area contributed by atoms with Crippen molar-refractivity contribution >= 4 is 27.5 Å². The first-order valence-corrected chi connectivity index (χ1v) is 6.40. The van der Waals surface area contributed by atoms with E-state index >= 15 is 0 Å². The molecule has 20 heavy (non-hydrogen) atoms. The Labute approximate surface area is 121 Å². The maximum atomic E-state index is 13.6. The molecule has 104 valence electrons. The second-order valence-electron chi connectivity index (χ2n) is 4.16. The Bertz CT molecular complexity index is 688. The molecule has 2 rings (SSSR count). The molecule has 0 aromatic heterocycles. The third-order valence-corrected chi connectivity index (χ3v) is 3.33. The lowest BCUT2D eigenvalue weighted by Gasteiger charge is -2.09. The standard InChI is InChI=1S/C14H9BrF3NO/c1-7-4-12(18)13(6-11(7)17)19-14(20)9-3-2-8(16)5-10(9)15/h2-6H,1H3,(H,19,20). The molecule has 0 unspecified atom stereocenters. The van der Waals surface area contributed by atoms with Gasteiger partial charge in [0.25, 0.3) is 5.91 Å². The minimum atomic E-state index is -0.740. The van der Waals surface area contributed by atoms with Gasteiger partial charge >= 0.3 is 0 Å². The molecule has 0 saturated heterocycles. The van der Waals surface area contributed by atoms with Crippen molar-refractivity contribution in [2.24, 2.45) is 0 Å². The van der Waals surface area contributed by atoms with Gasteiger partial charge in [0.05, 0.1) is 11.3 Å². The first-order valence-electron chi connectivity index (χ1n) is 5.60. The fraction of sp³-hybridized carbons (Fsp3) is 0.0714. The number of nitrogens with one attached hydrogen (secondary N) is 1. The minimum absolute atomic E-state index is 0.117. The van der Waals surface area contributed by atoms with Gasteiger partial charge in [-0.3, -0.25) is 4.79 Å². The third-order valence-electron chi connectivity index (χ3n) is 2.67. The van der Waals surface area contributed by atoms with Crippen LogP contribution in [0.15, 0.2) is 34.8 Å². The van der Waals surface area contributed by atoms with E-state index in [1.54, 1.807) is 0 Å². The van der Waals surface area contributed by atoms with E-state index < -0.39 is 23.4 Å². The van der Waals surface area contributed by atoms with Crippen LogP contribution in [0.2, 0.25) is 0 Å². The molecule has 1 amide bonds. The highest BCUT2D eigenvalue weighted by atomic mass is 79.9. The van der Waals surface area contributed by atoms with Gasteiger partial charge in [0.15, 0.2) is 0 Å². The Kier molecular flexibility index (Phi) is 4.13. The van der Waals surface area contributed by atoms with Crippen molar-refractivity contribution in [3.63, 3.8) is 0 Å². The maximum Gasteiger partial charge on any atom is 0.256 e. The second kappa shape index (κ2) is 5.66. The van der Waals surface area contributed by atoms with Gasteiger partial charge in [0.2, 0.25) is 0 Å². The highest BCUT2D eigenvalue weighted by molar-refractivity contribution is 9.10. The van der Waals surface area contributed by atoms with E-state index in [0.29, 0.717) is 0 Å². The van der Waals surface area contributed by atoms with Gasteiger partial charge in [-0.2, -0.15) is 0 Å². The SMILES string of the molecule is Cc1cc(F)c(NC(=O)c2ccc(F)cc2Br)cc1F. The number of anilines is 1. The van der Waals surface area contributed by atoms with Gasteiger partial charge in [-0.1, -0.05) is 0 Å². The molecule has 6 heteroatoms. The van der Waals surface area contributed by atoms with E-state index in [2.05, 4.69) is 21.2 Å². The van der Waals surface area contributed by atoms with Crippen LogP contribution in [0.3, 0.4) is 0 Å².